The SMILES string of the molecule is CC(C)c1ccc2nc(F)c(S(=O)(=O)NC(=O)Oc3ccccc3)n2n1. The molecule has 0 aliphatic heterocycles. The topological polar surface area (TPSA) is 103 Å². The molecule has 0 fully saturated rings. The maximum atomic E-state index is 14.2. The normalized spacial score (nSPS) is 11.7. The summed E-state index contributed by atoms with van der Waals surface area (Å²) < 4.78 is 46.5. The summed E-state index contributed by atoms with van der Waals surface area (Å²) in [6, 6.07) is 10.9. The van der Waals surface area contributed by atoms with Crippen LogP contribution in [0.1, 0.15) is 25.5 Å². The number of carbonyl (C=O) groups is 1. The van der Waals surface area contributed by atoms with E-state index >= 15 is 0 Å². The number of aromatic nitrogens is 3. The van der Waals surface area contributed by atoms with Crippen molar-refractivity contribution in [2.24, 2.45) is 0 Å². The molecule has 1 N–H and O–H groups in total. The Morgan fingerprint density at radius 1 is 1.19 bits per heavy atom. The lowest BCUT2D eigenvalue weighted by Crippen LogP contribution is -2.34. The van der Waals surface area contributed by atoms with Crippen LogP contribution in [-0.4, -0.2) is 29.1 Å². The quantitative estimate of drug-likeness (QED) is 0.748. The number of nitrogens with zero attached hydrogens (tertiary/aromatic N) is 3. The van der Waals surface area contributed by atoms with Crippen LogP contribution in [0.3, 0.4) is 0 Å². The van der Waals surface area contributed by atoms with Crippen molar-refractivity contribution in [1.82, 2.24) is 19.3 Å². The van der Waals surface area contributed by atoms with Crippen molar-refractivity contribution in [3.8, 4) is 5.75 Å². The molecule has 2 heterocycles. The zero-order chi connectivity index (χ0) is 18.9. The fourth-order valence-electron chi connectivity index (χ4n) is 2.21. The molecule has 1 amide bonds. The van der Waals surface area contributed by atoms with Crippen molar-refractivity contribution in [2.75, 3.05) is 0 Å². The molecule has 2 aromatic heterocycles. The highest BCUT2D eigenvalue weighted by Crippen LogP contribution is 2.19. The van der Waals surface area contributed by atoms with Crippen molar-refractivity contribution in [1.29, 1.82) is 0 Å². The largest absolute Gasteiger partial charge is 0.426 e. The number of benzene rings is 1. The second-order valence-corrected chi connectivity index (χ2v) is 7.30. The summed E-state index contributed by atoms with van der Waals surface area (Å²) in [5.74, 6) is -1.14. The Balaban J connectivity index is 1.95. The number of para-hydroxylation sites is 1. The molecular weight excluding hydrogens is 363 g/mol. The van der Waals surface area contributed by atoms with Crippen LogP contribution in [-0.2, 0) is 10.0 Å². The smallest absolute Gasteiger partial charge is 0.410 e. The first-order valence-electron chi connectivity index (χ1n) is 7.63. The Labute approximate surface area is 148 Å². The Kier molecular flexibility index (Phi) is 4.60. The zero-order valence-corrected chi connectivity index (χ0v) is 14.7. The summed E-state index contributed by atoms with van der Waals surface area (Å²) in [5, 5.41) is 3.23. The van der Waals surface area contributed by atoms with Gasteiger partial charge in [-0.05, 0) is 30.2 Å². The number of hydrogen-bond donors (Lipinski definition) is 1. The molecule has 1 aromatic carbocycles. The van der Waals surface area contributed by atoms with Gasteiger partial charge in [0.2, 0.25) is 5.03 Å². The van der Waals surface area contributed by atoms with E-state index < -0.39 is 27.1 Å². The monoisotopic (exact) mass is 378 g/mol. The van der Waals surface area contributed by atoms with Crippen LogP contribution in [0.4, 0.5) is 9.18 Å². The van der Waals surface area contributed by atoms with E-state index in [1.54, 1.807) is 29.0 Å². The van der Waals surface area contributed by atoms with Gasteiger partial charge in [-0.15, -0.1) is 0 Å². The Bertz CT molecular complexity index is 1060. The van der Waals surface area contributed by atoms with Crippen LogP contribution >= 0.6 is 0 Å². The Morgan fingerprint density at radius 3 is 2.54 bits per heavy atom. The van der Waals surface area contributed by atoms with Crippen molar-refractivity contribution >= 4 is 21.8 Å². The van der Waals surface area contributed by atoms with E-state index in [2.05, 4.69) is 10.1 Å². The first kappa shape index (κ1) is 17.8. The number of fused-ring (bicyclic) bond motifs is 1. The molecule has 0 aliphatic rings. The average molecular weight is 378 g/mol. The summed E-state index contributed by atoms with van der Waals surface area (Å²) in [4.78, 5) is 15.4. The first-order chi connectivity index (χ1) is 12.3. The standard InChI is InChI=1S/C16H15FN4O4S/c1-10(2)12-8-9-13-18-14(17)15(21(13)19-12)26(23,24)20-16(22)25-11-6-4-3-5-7-11/h3-10H,1-2H3,(H,20,22). The van der Waals surface area contributed by atoms with Crippen LogP contribution in [0.5, 0.6) is 5.75 Å². The van der Waals surface area contributed by atoms with Gasteiger partial charge in [-0.25, -0.2) is 9.52 Å². The first-order valence-corrected chi connectivity index (χ1v) is 9.11. The summed E-state index contributed by atoms with van der Waals surface area (Å²) in [6.45, 7) is 3.70. The molecule has 0 unspecified atom stereocenters. The fraction of sp³-hybridized carbons (Fsp3) is 0.188. The maximum absolute atomic E-state index is 14.2. The summed E-state index contributed by atoms with van der Waals surface area (Å²) >= 11 is 0. The lowest BCUT2D eigenvalue weighted by Gasteiger charge is -2.08. The molecule has 0 saturated carbocycles. The van der Waals surface area contributed by atoms with E-state index in [-0.39, 0.29) is 17.3 Å². The molecule has 26 heavy (non-hydrogen) atoms. The van der Waals surface area contributed by atoms with Gasteiger partial charge in [-0.1, -0.05) is 32.0 Å². The van der Waals surface area contributed by atoms with Gasteiger partial charge in [0, 0.05) is 0 Å². The van der Waals surface area contributed by atoms with Crippen molar-refractivity contribution in [3.05, 3.63) is 54.1 Å². The summed E-state index contributed by atoms with van der Waals surface area (Å²) in [6.07, 6.45) is -1.27. The molecule has 0 atom stereocenters. The minimum absolute atomic E-state index is 0.00343. The highest BCUT2D eigenvalue weighted by Gasteiger charge is 2.29. The van der Waals surface area contributed by atoms with Crippen LogP contribution in [0, 0.1) is 5.95 Å². The van der Waals surface area contributed by atoms with E-state index in [0.717, 1.165) is 4.52 Å². The maximum Gasteiger partial charge on any atom is 0.426 e. The number of carbonyl (C=O) groups excluding carboxylic acids is 1. The van der Waals surface area contributed by atoms with Gasteiger partial charge in [-0.2, -0.15) is 27.4 Å². The van der Waals surface area contributed by atoms with Gasteiger partial charge in [-0.3, -0.25) is 0 Å². The minimum atomic E-state index is -4.60. The van der Waals surface area contributed by atoms with Gasteiger partial charge in [0.25, 0.3) is 16.0 Å². The second kappa shape index (κ2) is 6.71. The number of sulfonamides is 1. The predicted octanol–water partition coefficient (Wildman–Crippen LogP) is 2.47. The Hall–Kier alpha value is -3.01. The minimum Gasteiger partial charge on any atom is -0.410 e. The Morgan fingerprint density at radius 2 is 1.88 bits per heavy atom. The lowest BCUT2D eigenvalue weighted by atomic mass is 10.1. The van der Waals surface area contributed by atoms with Gasteiger partial charge >= 0.3 is 6.09 Å². The van der Waals surface area contributed by atoms with Gasteiger partial charge in [0.1, 0.15) is 5.75 Å². The molecule has 0 radical (unpaired) electrons. The molecule has 8 nitrogen and oxygen atoms in total. The van der Waals surface area contributed by atoms with Crippen molar-refractivity contribution in [2.45, 2.75) is 24.8 Å². The molecule has 3 aromatic rings. The van der Waals surface area contributed by atoms with Crippen LogP contribution in [0.15, 0.2) is 47.5 Å². The highest BCUT2D eigenvalue weighted by atomic mass is 32.2. The number of amides is 1. The predicted molar refractivity (Wildman–Crippen MR) is 89.8 cm³/mol. The third kappa shape index (κ3) is 3.49. The number of halogens is 1. The van der Waals surface area contributed by atoms with Crippen LogP contribution in [0.2, 0.25) is 0 Å². The molecule has 136 valence electrons. The molecule has 10 heteroatoms. The fourth-order valence-corrected chi connectivity index (χ4v) is 3.19. The molecule has 0 bridgehead atoms. The lowest BCUT2D eigenvalue weighted by molar-refractivity contribution is 0.206. The van der Waals surface area contributed by atoms with E-state index in [4.69, 9.17) is 4.74 Å². The summed E-state index contributed by atoms with van der Waals surface area (Å²) in [7, 11) is -4.60. The number of imidazole rings is 1. The van der Waals surface area contributed by atoms with Crippen molar-refractivity contribution in [3.63, 3.8) is 0 Å². The van der Waals surface area contributed by atoms with Crippen LogP contribution in [0.25, 0.3) is 5.65 Å². The molecule has 0 saturated heterocycles. The number of rotatable bonds is 4. The van der Waals surface area contributed by atoms with Gasteiger partial charge in [0.15, 0.2) is 5.65 Å². The highest BCUT2D eigenvalue weighted by molar-refractivity contribution is 7.90. The zero-order valence-electron chi connectivity index (χ0n) is 13.9. The van der Waals surface area contributed by atoms with Crippen LogP contribution < -0.4 is 9.46 Å². The molecule has 3 rings (SSSR count). The molecule has 0 aliphatic carbocycles. The van der Waals surface area contributed by atoms with Gasteiger partial charge < -0.3 is 4.74 Å². The molecular formula is C16H15FN4O4S. The van der Waals surface area contributed by atoms with Gasteiger partial charge in [0.05, 0.1) is 5.69 Å². The van der Waals surface area contributed by atoms with E-state index in [1.807, 2.05) is 13.8 Å². The molecule has 0 spiro atoms. The summed E-state index contributed by atoms with van der Waals surface area (Å²) in [5.41, 5.74) is 0.543. The average Bonchev–Trinajstić information content (AvgIpc) is 2.90. The van der Waals surface area contributed by atoms with Crippen molar-refractivity contribution < 1.29 is 22.3 Å². The second-order valence-electron chi connectivity index (χ2n) is 5.70. The van der Waals surface area contributed by atoms with E-state index in [0.29, 0.717) is 5.69 Å². The van der Waals surface area contributed by atoms with E-state index in [1.165, 1.54) is 18.2 Å². The van der Waals surface area contributed by atoms with E-state index in [9.17, 15) is 17.6 Å². The third-order valence-electron chi connectivity index (χ3n) is 3.43. The number of nitrogens with one attached hydrogen (secondary N) is 1. The number of ether oxygens (including phenoxy) is 1. The third-order valence-corrected chi connectivity index (χ3v) is 4.72. The number of hydrogen-bond acceptors (Lipinski definition) is 6.